The molecular formula is C21H30N4O. The van der Waals surface area contributed by atoms with Gasteiger partial charge in [0, 0.05) is 36.1 Å². The predicted molar refractivity (Wildman–Crippen MR) is 106 cm³/mol. The molecule has 5 nitrogen and oxygen atoms in total. The summed E-state index contributed by atoms with van der Waals surface area (Å²) in [6.07, 6.45) is 2.95. The fourth-order valence-corrected chi connectivity index (χ4v) is 3.62. The van der Waals surface area contributed by atoms with Gasteiger partial charge in [0.15, 0.2) is 5.69 Å². The Morgan fingerprint density at radius 1 is 1.35 bits per heavy atom. The lowest BCUT2D eigenvalue weighted by atomic mass is 10.0. The highest BCUT2D eigenvalue weighted by atomic mass is 16.2. The standard InChI is InChI=1S/C21H30N4O/c1-5-19-15(4)20(24-23-19)21(26)25-12-6-7-18(13-25)22-17-10-8-16(9-11-17)14(2)3/h8-11,14,18,22H,5-7,12-13H2,1-4H3,(H,23,24)/t18-/m1/s1. The molecule has 1 aromatic carbocycles. The van der Waals surface area contributed by atoms with Crippen LogP contribution in [0.5, 0.6) is 0 Å². The van der Waals surface area contributed by atoms with Gasteiger partial charge in [-0.3, -0.25) is 9.89 Å². The van der Waals surface area contributed by atoms with E-state index >= 15 is 0 Å². The molecule has 1 atom stereocenters. The number of aryl methyl sites for hydroxylation is 1. The van der Waals surface area contributed by atoms with E-state index in [1.54, 1.807) is 0 Å². The minimum absolute atomic E-state index is 0.0418. The summed E-state index contributed by atoms with van der Waals surface area (Å²) < 4.78 is 0. The van der Waals surface area contributed by atoms with E-state index in [1.807, 2.05) is 11.8 Å². The topological polar surface area (TPSA) is 61.0 Å². The summed E-state index contributed by atoms with van der Waals surface area (Å²) in [5.74, 6) is 0.581. The number of hydrogen-bond donors (Lipinski definition) is 2. The summed E-state index contributed by atoms with van der Waals surface area (Å²) in [4.78, 5) is 14.8. The van der Waals surface area contributed by atoms with E-state index in [9.17, 15) is 4.79 Å². The average molecular weight is 354 g/mol. The third-order valence-corrected chi connectivity index (χ3v) is 5.32. The Bertz CT molecular complexity index is 748. The molecule has 1 fully saturated rings. The molecule has 5 heteroatoms. The summed E-state index contributed by atoms with van der Waals surface area (Å²) in [5.41, 5.74) is 5.07. The van der Waals surface area contributed by atoms with Crippen molar-refractivity contribution in [1.29, 1.82) is 0 Å². The third-order valence-electron chi connectivity index (χ3n) is 5.32. The lowest BCUT2D eigenvalue weighted by molar-refractivity contribution is 0.0708. The van der Waals surface area contributed by atoms with E-state index in [4.69, 9.17) is 0 Å². The number of carbonyl (C=O) groups excluding carboxylic acids is 1. The molecule has 1 aromatic heterocycles. The summed E-state index contributed by atoms with van der Waals surface area (Å²) in [6.45, 7) is 9.98. The zero-order chi connectivity index (χ0) is 18.7. The Morgan fingerprint density at radius 2 is 2.08 bits per heavy atom. The van der Waals surface area contributed by atoms with E-state index in [2.05, 4.69) is 60.6 Å². The zero-order valence-electron chi connectivity index (χ0n) is 16.3. The number of piperidine rings is 1. The number of amides is 1. The number of anilines is 1. The number of nitrogens with zero attached hydrogens (tertiary/aromatic N) is 2. The second kappa shape index (κ2) is 7.94. The molecule has 2 N–H and O–H groups in total. The van der Waals surface area contributed by atoms with Gasteiger partial charge in [0.25, 0.3) is 5.91 Å². The molecule has 2 heterocycles. The normalized spacial score (nSPS) is 17.6. The third kappa shape index (κ3) is 3.92. The predicted octanol–water partition coefficient (Wildman–Crippen LogP) is 4.12. The van der Waals surface area contributed by atoms with Crippen molar-refractivity contribution >= 4 is 11.6 Å². The van der Waals surface area contributed by atoms with Gasteiger partial charge in [-0.05, 0) is 49.8 Å². The highest BCUT2D eigenvalue weighted by molar-refractivity contribution is 5.94. The molecule has 0 spiro atoms. The number of hydrogen-bond acceptors (Lipinski definition) is 3. The van der Waals surface area contributed by atoms with Crippen LogP contribution in [0.1, 0.15) is 66.8 Å². The second-order valence-electron chi connectivity index (χ2n) is 7.54. The quantitative estimate of drug-likeness (QED) is 0.849. The molecule has 0 unspecified atom stereocenters. The van der Waals surface area contributed by atoms with Crippen LogP contribution in [0.4, 0.5) is 5.69 Å². The molecule has 0 saturated carbocycles. The van der Waals surface area contributed by atoms with Gasteiger partial charge in [0.05, 0.1) is 0 Å². The van der Waals surface area contributed by atoms with Gasteiger partial charge in [-0.25, -0.2) is 0 Å². The van der Waals surface area contributed by atoms with E-state index in [-0.39, 0.29) is 11.9 Å². The van der Waals surface area contributed by atoms with E-state index in [0.29, 0.717) is 11.6 Å². The van der Waals surface area contributed by atoms with Crippen LogP contribution in [0, 0.1) is 6.92 Å². The summed E-state index contributed by atoms with van der Waals surface area (Å²) >= 11 is 0. The molecule has 1 aliphatic heterocycles. The van der Waals surface area contributed by atoms with Crippen LogP contribution in [0.25, 0.3) is 0 Å². The van der Waals surface area contributed by atoms with Gasteiger partial charge in [-0.1, -0.05) is 32.9 Å². The molecule has 1 saturated heterocycles. The molecular weight excluding hydrogens is 324 g/mol. The molecule has 1 amide bonds. The lowest BCUT2D eigenvalue weighted by Crippen LogP contribution is -2.45. The maximum Gasteiger partial charge on any atom is 0.274 e. The fourth-order valence-electron chi connectivity index (χ4n) is 3.62. The highest BCUT2D eigenvalue weighted by Crippen LogP contribution is 2.21. The molecule has 3 rings (SSSR count). The molecule has 0 radical (unpaired) electrons. The Morgan fingerprint density at radius 3 is 2.69 bits per heavy atom. The largest absolute Gasteiger partial charge is 0.381 e. The molecule has 1 aliphatic rings. The number of carbonyl (C=O) groups is 1. The number of H-pyrrole nitrogens is 1. The average Bonchev–Trinajstić information content (AvgIpc) is 3.02. The first kappa shape index (κ1) is 18.5. The Balaban J connectivity index is 1.65. The molecule has 0 aliphatic carbocycles. The van der Waals surface area contributed by atoms with Crippen LogP contribution >= 0.6 is 0 Å². The van der Waals surface area contributed by atoms with Crippen molar-refractivity contribution in [3.63, 3.8) is 0 Å². The highest BCUT2D eigenvalue weighted by Gasteiger charge is 2.27. The molecule has 0 bridgehead atoms. The van der Waals surface area contributed by atoms with Gasteiger partial charge in [-0.2, -0.15) is 5.10 Å². The first-order valence-corrected chi connectivity index (χ1v) is 9.69. The van der Waals surface area contributed by atoms with Crippen molar-refractivity contribution in [2.24, 2.45) is 0 Å². The number of aromatic nitrogens is 2. The minimum atomic E-state index is 0.0418. The zero-order valence-corrected chi connectivity index (χ0v) is 16.3. The van der Waals surface area contributed by atoms with Crippen molar-refractivity contribution in [1.82, 2.24) is 15.1 Å². The van der Waals surface area contributed by atoms with Crippen molar-refractivity contribution < 1.29 is 4.79 Å². The summed E-state index contributed by atoms with van der Waals surface area (Å²) in [6, 6.07) is 8.92. The molecule has 26 heavy (non-hydrogen) atoms. The fraction of sp³-hybridized carbons (Fsp3) is 0.524. The van der Waals surface area contributed by atoms with E-state index < -0.39 is 0 Å². The Labute approximate surface area is 156 Å². The van der Waals surface area contributed by atoms with Crippen LogP contribution in [0.15, 0.2) is 24.3 Å². The van der Waals surface area contributed by atoms with E-state index in [1.165, 1.54) is 5.56 Å². The second-order valence-corrected chi connectivity index (χ2v) is 7.54. The maximum atomic E-state index is 12.9. The van der Waals surface area contributed by atoms with Crippen LogP contribution in [-0.4, -0.2) is 40.1 Å². The van der Waals surface area contributed by atoms with Crippen molar-refractivity contribution in [2.75, 3.05) is 18.4 Å². The Kier molecular flexibility index (Phi) is 5.64. The summed E-state index contributed by atoms with van der Waals surface area (Å²) in [7, 11) is 0. The van der Waals surface area contributed by atoms with Crippen LogP contribution in [-0.2, 0) is 6.42 Å². The van der Waals surface area contributed by atoms with Gasteiger partial charge in [-0.15, -0.1) is 0 Å². The minimum Gasteiger partial charge on any atom is -0.381 e. The number of nitrogens with one attached hydrogen (secondary N) is 2. The lowest BCUT2D eigenvalue weighted by Gasteiger charge is -2.33. The van der Waals surface area contributed by atoms with Crippen molar-refractivity contribution in [3.8, 4) is 0 Å². The van der Waals surface area contributed by atoms with Gasteiger partial charge < -0.3 is 10.2 Å². The molecule has 140 valence electrons. The van der Waals surface area contributed by atoms with Crippen molar-refractivity contribution in [3.05, 3.63) is 46.8 Å². The SMILES string of the molecule is CCc1[nH]nc(C(=O)N2CCC[C@@H](Nc3ccc(C(C)C)cc3)C2)c1C. The summed E-state index contributed by atoms with van der Waals surface area (Å²) in [5, 5.41) is 10.8. The maximum absolute atomic E-state index is 12.9. The smallest absolute Gasteiger partial charge is 0.274 e. The van der Waals surface area contributed by atoms with Crippen LogP contribution in [0.2, 0.25) is 0 Å². The van der Waals surface area contributed by atoms with Crippen LogP contribution < -0.4 is 5.32 Å². The number of rotatable bonds is 5. The van der Waals surface area contributed by atoms with Crippen molar-refractivity contribution in [2.45, 2.75) is 58.9 Å². The number of aromatic amines is 1. The van der Waals surface area contributed by atoms with Crippen LogP contribution in [0.3, 0.4) is 0 Å². The number of benzene rings is 1. The Hall–Kier alpha value is -2.30. The van der Waals surface area contributed by atoms with E-state index in [0.717, 1.165) is 49.3 Å². The van der Waals surface area contributed by atoms with Gasteiger partial charge >= 0.3 is 0 Å². The van der Waals surface area contributed by atoms with Gasteiger partial charge in [0.2, 0.25) is 0 Å². The number of likely N-dealkylation sites (tertiary alicyclic amines) is 1. The monoisotopic (exact) mass is 354 g/mol. The van der Waals surface area contributed by atoms with Gasteiger partial charge in [0.1, 0.15) is 0 Å². The molecule has 2 aromatic rings. The first-order valence-electron chi connectivity index (χ1n) is 9.69. The first-order chi connectivity index (χ1) is 12.5.